The summed E-state index contributed by atoms with van der Waals surface area (Å²) in [4.78, 5) is 47.1. The monoisotopic (exact) mass is 450 g/mol. The fourth-order valence-electron chi connectivity index (χ4n) is 2.58. The second-order valence-corrected chi connectivity index (χ2v) is 8.21. The highest BCUT2D eigenvalue weighted by Gasteiger charge is 2.23. The largest absolute Gasteiger partial charge is 0.445 e. The molecule has 0 fully saturated rings. The molecular weight excluding hydrogens is 416 g/mol. The van der Waals surface area contributed by atoms with Crippen LogP contribution in [0.2, 0.25) is 0 Å². The second-order valence-electron chi connectivity index (χ2n) is 8.21. The Balaban J connectivity index is 2.29. The van der Waals surface area contributed by atoms with Gasteiger partial charge in [0.05, 0.1) is 6.42 Å². The summed E-state index contributed by atoms with van der Waals surface area (Å²) in [6.07, 6.45) is 0.497. The normalized spacial score (nSPS) is 11.7. The number of nitrogens with two attached hydrogens (primary N) is 1. The maximum absolute atomic E-state index is 12.3. The van der Waals surface area contributed by atoms with Crippen LogP contribution in [0.4, 0.5) is 9.59 Å². The van der Waals surface area contributed by atoms with Gasteiger partial charge < -0.3 is 31.2 Å². The Hall–Kier alpha value is -3.30. The van der Waals surface area contributed by atoms with E-state index >= 15 is 0 Å². The molecule has 10 nitrogen and oxygen atoms in total. The summed E-state index contributed by atoms with van der Waals surface area (Å²) in [5, 5.41) is 7.71. The molecule has 178 valence electrons. The van der Waals surface area contributed by atoms with Gasteiger partial charge in [0.2, 0.25) is 11.8 Å². The molecule has 0 saturated heterocycles. The Morgan fingerprint density at radius 1 is 0.938 bits per heavy atom. The molecule has 0 saturated carbocycles. The number of carbonyl (C=O) groups is 4. The minimum Gasteiger partial charge on any atom is -0.445 e. The van der Waals surface area contributed by atoms with Crippen molar-refractivity contribution in [3.8, 4) is 0 Å². The Morgan fingerprint density at radius 2 is 1.56 bits per heavy atom. The van der Waals surface area contributed by atoms with Crippen LogP contribution in [0, 0.1) is 0 Å². The first-order valence-electron chi connectivity index (χ1n) is 10.6. The maximum Gasteiger partial charge on any atom is 0.408 e. The molecule has 0 radical (unpaired) electrons. The van der Waals surface area contributed by atoms with Crippen molar-refractivity contribution < 1.29 is 28.7 Å². The highest BCUT2D eigenvalue weighted by molar-refractivity contribution is 5.90. The highest BCUT2D eigenvalue weighted by Crippen LogP contribution is 2.06. The van der Waals surface area contributed by atoms with E-state index in [4.69, 9.17) is 15.2 Å². The fourth-order valence-corrected chi connectivity index (χ4v) is 2.58. The molecule has 10 heteroatoms. The fraction of sp³-hybridized carbons (Fsp3) is 0.545. The van der Waals surface area contributed by atoms with Crippen molar-refractivity contribution in [3.63, 3.8) is 0 Å². The minimum atomic E-state index is -1.12. The van der Waals surface area contributed by atoms with Gasteiger partial charge in [-0.2, -0.15) is 0 Å². The van der Waals surface area contributed by atoms with Gasteiger partial charge in [-0.15, -0.1) is 0 Å². The number of hydrogen-bond acceptors (Lipinski definition) is 6. The average Bonchev–Trinajstić information content (AvgIpc) is 2.70. The van der Waals surface area contributed by atoms with Gasteiger partial charge in [-0.3, -0.25) is 9.59 Å². The molecule has 0 aliphatic heterocycles. The van der Waals surface area contributed by atoms with Crippen LogP contribution in [0.1, 0.15) is 52.0 Å². The number of nitrogens with one attached hydrogen (secondary N) is 3. The van der Waals surface area contributed by atoms with Crippen molar-refractivity contribution in [2.75, 3.05) is 13.1 Å². The molecule has 5 N–H and O–H groups in total. The van der Waals surface area contributed by atoms with Crippen LogP contribution < -0.4 is 21.7 Å². The van der Waals surface area contributed by atoms with E-state index in [1.54, 1.807) is 32.9 Å². The topological polar surface area (TPSA) is 149 Å². The first-order valence-corrected chi connectivity index (χ1v) is 10.6. The lowest BCUT2D eigenvalue weighted by atomic mass is 10.1. The molecule has 4 amide bonds. The number of amides is 4. The first kappa shape index (κ1) is 26.7. The van der Waals surface area contributed by atoms with E-state index < -0.39 is 35.6 Å². The van der Waals surface area contributed by atoms with Crippen LogP contribution in [0.5, 0.6) is 0 Å². The molecule has 32 heavy (non-hydrogen) atoms. The van der Waals surface area contributed by atoms with E-state index in [0.717, 1.165) is 12.0 Å². The summed E-state index contributed by atoms with van der Waals surface area (Å²) in [7, 11) is 0. The number of carbonyl (C=O) groups excluding carboxylic acids is 4. The van der Waals surface area contributed by atoms with Gasteiger partial charge in [0.1, 0.15) is 18.2 Å². The Bertz CT molecular complexity index is 749. The van der Waals surface area contributed by atoms with Crippen molar-refractivity contribution in [2.24, 2.45) is 5.73 Å². The van der Waals surface area contributed by atoms with Gasteiger partial charge in [-0.05, 0) is 45.6 Å². The molecule has 0 aliphatic rings. The summed E-state index contributed by atoms with van der Waals surface area (Å²) < 4.78 is 10.2. The summed E-state index contributed by atoms with van der Waals surface area (Å²) >= 11 is 0. The molecule has 1 atom stereocenters. The van der Waals surface area contributed by atoms with Crippen molar-refractivity contribution in [3.05, 3.63) is 35.9 Å². The highest BCUT2D eigenvalue weighted by atomic mass is 16.6. The Kier molecular flexibility index (Phi) is 11.6. The Morgan fingerprint density at radius 3 is 2.16 bits per heavy atom. The number of alkyl carbamates (subject to hydrolysis) is 2. The van der Waals surface area contributed by atoms with Gasteiger partial charge in [0.15, 0.2) is 0 Å². The molecule has 1 aromatic carbocycles. The maximum atomic E-state index is 12.3. The molecule has 0 aromatic heterocycles. The average molecular weight is 451 g/mol. The van der Waals surface area contributed by atoms with Crippen molar-refractivity contribution >= 4 is 24.0 Å². The molecule has 0 aliphatic carbocycles. The standard InChI is InChI=1S/C22H34N4O6/c1-22(2,3)32-20(29)25-13-9-5-8-12-24-19(28)17(14-18(23)27)26-21(30)31-15-16-10-6-4-7-11-16/h4,6-7,10-11,17H,5,8-9,12-15H2,1-3H3,(H2,23,27)(H,24,28)(H,25,29)(H,26,30). The predicted molar refractivity (Wildman–Crippen MR) is 118 cm³/mol. The number of rotatable bonds is 12. The van der Waals surface area contributed by atoms with E-state index in [-0.39, 0.29) is 13.0 Å². The van der Waals surface area contributed by atoms with Gasteiger partial charge in [0, 0.05) is 13.1 Å². The summed E-state index contributed by atoms with van der Waals surface area (Å²) in [6, 6.07) is 7.94. The van der Waals surface area contributed by atoms with E-state index in [1.165, 1.54) is 0 Å². The Labute approximate surface area is 188 Å². The zero-order valence-corrected chi connectivity index (χ0v) is 18.9. The second kappa shape index (κ2) is 13.9. The number of hydrogen-bond donors (Lipinski definition) is 4. The summed E-state index contributed by atoms with van der Waals surface area (Å²) in [5.41, 5.74) is 5.44. The quantitative estimate of drug-likeness (QED) is 0.358. The minimum absolute atomic E-state index is 0.0366. The third-order valence-corrected chi connectivity index (χ3v) is 4.05. The molecule has 0 heterocycles. The smallest absolute Gasteiger partial charge is 0.408 e. The lowest BCUT2D eigenvalue weighted by molar-refractivity contribution is -0.127. The van der Waals surface area contributed by atoms with E-state index in [9.17, 15) is 19.2 Å². The number of unbranched alkanes of at least 4 members (excludes halogenated alkanes) is 2. The first-order chi connectivity index (χ1) is 15.1. The lowest BCUT2D eigenvalue weighted by Crippen LogP contribution is -2.48. The third-order valence-electron chi connectivity index (χ3n) is 4.05. The zero-order valence-electron chi connectivity index (χ0n) is 18.9. The summed E-state index contributed by atoms with van der Waals surface area (Å²) in [6.45, 7) is 6.22. The van der Waals surface area contributed by atoms with Crippen LogP contribution in [0.3, 0.4) is 0 Å². The van der Waals surface area contributed by atoms with Crippen LogP contribution in [0.25, 0.3) is 0 Å². The van der Waals surface area contributed by atoms with Gasteiger partial charge in [-0.1, -0.05) is 30.3 Å². The van der Waals surface area contributed by atoms with Crippen molar-refractivity contribution in [1.29, 1.82) is 0 Å². The van der Waals surface area contributed by atoms with Crippen LogP contribution in [-0.4, -0.2) is 48.7 Å². The molecule has 1 aromatic rings. The van der Waals surface area contributed by atoms with Crippen LogP contribution in [-0.2, 0) is 25.7 Å². The number of ether oxygens (including phenoxy) is 2. The number of benzene rings is 1. The molecule has 0 spiro atoms. The lowest BCUT2D eigenvalue weighted by Gasteiger charge is -2.19. The summed E-state index contributed by atoms with van der Waals surface area (Å²) in [5.74, 6) is -1.24. The van der Waals surface area contributed by atoms with E-state index in [0.29, 0.717) is 25.9 Å². The van der Waals surface area contributed by atoms with Crippen molar-refractivity contribution in [1.82, 2.24) is 16.0 Å². The van der Waals surface area contributed by atoms with Gasteiger partial charge in [-0.25, -0.2) is 9.59 Å². The third kappa shape index (κ3) is 13.1. The number of primary amides is 1. The van der Waals surface area contributed by atoms with Crippen molar-refractivity contribution in [2.45, 2.75) is 64.7 Å². The van der Waals surface area contributed by atoms with E-state index in [2.05, 4.69) is 16.0 Å². The van der Waals surface area contributed by atoms with Crippen LogP contribution in [0.15, 0.2) is 30.3 Å². The SMILES string of the molecule is CC(C)(C)OC(=O)NCCCCCNC(=O)C(CC(N)=O)NC(=O)OCc1ccccc1. The van der Waals surface area contributed by atoms with Gasteiger partial charge >= 0.3 is 12.2 Å². The zero-order chi connectivity index (χ0) is 24.0. The van der Waals surface area contributed by atoms with E-state index in [1.807, 2.05) is 18.2 Å². The predicted octanol–water partition coefficient (Wildman–Crippen LogP) is 1.97. The van der Waals surface area contributed by atoms with Crippen LogP contribution >= 0.6 is 0 Å². The molecule has 0 bridgehead atoms. The molecular formula is C22H34N4O6. The molecule has 1 unspecified atom stereocenters. The van der Waals surface area contributed by atoms with Gasteiger partial charge in [0.25, 0.3) is 0 Å². The molecule has 1 rings (SSSR count).